The number of hydrogen-bond donors (Lipinski definition) is 0. The van der Waals surface area contributed by atoms with E-state index >= 15 is 0 Å². The zero-order chi connectivity index (χ0) is 15.7. The molecular weight excluding hydrogens is 325 g/mol. The molecule has 7 heteroatoms. The Balaban J connectivity index is 0.00000192. The Labute approximate surface area is 156 Å². The molecule has 112 valence electrons. The monoisotopic (exact) mass is 337 g/mol. The normalized spacial score (nSPS) is 11.0. The number of para-hydroxylation sites is 1. The molecule has 0 unspecified atom stereocenters. The summed E-state index contributed by atoms with van der Waals surface area (Å²) in [6, 6.07) is 12.3. The Morgan fingerprint density at radius 3 is 2.43 bits per heavy atom. The zero-order valence-electron chi connectivity index (χ0n) is 12.7. The minimum absolute atomic E-state index is 0. The van der Waals surface area contributed by atoms with Crippen LogP contribution in [0.4, 0.5) is 0 Å². The van der Waals surface area contributed by atoms with Crippen LogP contribution in [-0.2, 0) is 10.1 Å². The van der Waals surface area contributed by atoms with E-state index in [4.69, 9.17) is 4.18 Å². The predicted octanol–water partition coefficient (Wildman–Crippen LogP) is -0.611. The van der Waals surface area contributed by atoms with Gasteiger partial charge in [-0.3, -0.25) is 4.98 Å². The molecule has 0 aliphatic heterocycles. The van der Waals surface area contributed by atoms with Crippen LogP contribution in [0.2, 0.25) is 0 Å². The van der Waals surface area contributed by atoms with Gasteiger partial charge in [0.15, 0.2) is 5.75 Å². The molecule has 5 nitrogen and oxygen atoms in total. The van der Waals surface area contributed by atoms with E-state index in [1.54, 1.807) is 24.3 Å². The van der Waals surface area contributed by atoms with Gasteiger partial charge in [0, 0.05) is 6.20 Å². The van der Waals surface area contributed by atoms with Crippen molar-refractivity contribution in [1.82, 2.24) is 4.98 Å². The van der Waals surface area contributed by atoms with Crippen molar-refractivity contribution in [3.05, 3.63) is 60.3 Å². The molecule has 0 atom stereocenters. The Hall–Kier alpha value is -1.60. The van der Waals surface area contributed by atoms with Crippen molar-refractivity contribution in [3.8, 4) is 11.5 Å². The second-order valence-corrected chi connectivity index (χ2v) is 6.36. The number of benzene rings is 2. The number of rotatable bonds is 3. The van der Waals surface area contributed by atoms with E-state index < -0.39 is 10.1 Å². The molecule has 0 aliphatic carbocycles. The fraction of sp³-hybridized carbons (Fsp3) is 0.0625. The summed E-state index contributed by atoms with van der Waals surface area (Å²) in [5.74, 6) is -0.195. The molecule has 1 aromatic heterocycles. The van der Waals surface area contributed by atoms with Crippen molar-refractivity contribution in [2.24, 2.45) is 0 Å². The zero-order valence-corrected chi connectivity index (χ0v) is 15.5. The Morgan fingerprint density at radius 1 is 1.04 bits per heavy atom. The van der Waals surface area contributed by atoms with E-state index in [9.17, 15) is 13.5 Å². The van der Waals surface area contributed by atoms with Crippen LogP contribution in [0.1, 0.15) is 5.56 Å². The summed E-state index contributed by atoms with van der Waals surface area (Å²) < 4.78 is 29.8. The molecule has 0 radical (unpaired) electrons. The average Bonchev–Trinajstić information content (AvgIpc) is 2.48. The SMILES string of the molecule is Cc1ccc(S(=O)(=O)Oc2cccc3c([O-])ccnc23)cc1.[Na+]. The molecule has 0 N–H and O–H groups in total. The van der Waals surface area contributed by atoms with Crippen LogP contribution in [0, 0.1) is 6.92 Å². The molecule has 2 aromatic carbocycles. The van der Waals surface area contributed by atoms with Gasteiger partial charge >= 0.3 is 39.7 Å². The van der Waals surface area contributed by atoms with E-state index in [-0.39, 0.29) is 51.5 Å². The maximum Gasteiger partial charge on any atom is 1.00 e. The third kappa shape index (κ3) is 3.67. The summed E-state index contributed by atoms with van der Waals surface area (Å²) in [6.45, 7) is 1.86. The second kappa shape index (κ2) is 6.88. The van der Waals surface area contributed by atoms with Crippen LogP contribution in [0.5, 0.6) is 11.5 Å². The summed E-state index contributed by atoms with van der Waals surface area (Å²) in [6.07, 6.45) is 1.33. The van der Waals surface area contributed by atoms with Crippen molar-refractivity contribution in [2.75, 3.05) is 0 Å². The van der Waals surface area contributed by atoms with Crippen molar-refractivity contribution in [2.45, 2.75) is 11.8 Å². The molecular formula is C16H12NNaO4S. The summed E-state index contributed by atoms with van der Waals surface area (Å²) in [7, 11) is -3.98. The van der Waals surface area contributed by atoms with Gasteiger partial charge < -0.3 is 9.29 Å². The number of hydrogen-bond acceptors (Lipinski definition) is 5. The van der Waals surface area contributed by atoms with E-state index in [0.717, 1.165) is 5.56 Å². The first-order valence-corrected chi connectivity index (χ1v) is 7.94. The van der Waals surface area contributed by atoms with Gasteiger partial charge in [0.05, 0.1) is 0 Å². The van der Waals surface area contributed by atoms with Crippen LogP contribution >= 0.6 is 0 Å². The molecule has 0 saturated heterocycles. The van der Waals surface area contributed by atoms with Gasteiger partial charge in [0.1, 0.15) is 10.4 Å². The van der Waals surface area contributed by atoms with Crippen LogP contribution < -0.4 is 38.8 Å². The van der Waals surface area contributed by atoms with Crippen molar-refractivity contribution in [1.29, 1.82) is 0 Å². The largest absolute Gasteiger partial charge is 1.00 e. The van der Waals surface area contributed by atoms with Gasteiger partial charge in [-0.15, -0.1) is 0 Å². The molecule has 23 heavy (non-hydrogen) atoms. The molecule has 0 fully saturated rings. The third-order valence-electron chi connectivity index (χ3n) is 3.20. The van der Waals surface area contributed by atoms with Gasteiger partial charge in [-0.2, -0.15) is 8.42 Å². The quantitative estimate of drug-likeness (QED) is 0.470. The van der Waals surface area contributed by atoms with Crippen LogP contribution in [-0.4, -0.2) is 13.4 Å². The van der Waals surface area contributed by atoms with Gasteiger partial charge in [0.25, 0.3) is 0 Å². The topological polar surface area (TPSA) is 79.3 Å². The minimum Gasteiger partial charge on any atom is -0.872 e. The van der Waals surface area contributed by atoms with Crippen LogP contribution in [0.25, 0.3) is 10.9 Å². The maximum absolute atomic E-state index is 12.3. The van der Waals surface area contributed by atoms with E-state index in [0.29, 0.717) is 5.39 Å². The summed E-state index contributed by atoms with van der Waals surface area (Å²) in [4.78, 5) is 4.09. The number of fused-ring (bicyclic) bond motifs is 1. The minimum atomic E-state index is -3.98. The van der Waals surface area contributed by atoms with Crippen molar-refractivity contribution in [3.63, 3.8) is 0 Å². The standard InChI is InChI=1S/C16H13NO4S.Na/c1-11-5-7-12(8-6-11)22(19,20)21-15-4-2-3-13-14(18)9-10-17-16(13)15;/h2-10H,1H3,(H,17,18);/q;+1/p-1. The Bertz CT molecular complexity index is 940. The molecule has 3 aromatic rings. The molecule has 0 spiro atoms. The van der Waals surface area contributed by atoms with Crippen molar-refractivity contribution >= 4 is 21.0 Å². The molecule has 0 saturated carbocycles. The first-order chi connectivity index (χ1) is 10.5. The average molecular weight is 337 g/mol. The van der Waals surface area contributed by atoms with Gasteiger partial charge in [-0.1, -0.05) is 41.6 Å². The second-order valence-electron chi connectivity index (χ2n) is 4.81. The molecule has 1 heterocycles. The summed E-state index contributed by atoms with van der Waals surface area (Å²) in [5.41, 5.74) is 1.17. The third-order valence-corrected chi connectivity index (χ3v) is 4.45. The Morgan fingerprint density at radius 2 is 1.74 bits per heavy atom. The molecule has 0 aliphatic rings. The maximum atomic E-state index is 12.3. The Kier molecular flexibility index (Phi) is 5.31. The molecule has 3 rings (SSSR count). The predicted molar refractivity (Wildman–Crippen MR) is 80.2 cm³/mol. The molecule has 0 amide bonds. The fourth-order valence-corrected chi connectivity index (χ4v) is 3.00. The number of aromatic nitrogens is 1. The van der Waals surface area contributed by atoms with E-state index in [1.807, 2.05) is 6.92 Å². The first-order valence-electron chi connectivity index (χ1n) is 6.53. The van der Waals surface area contributed by atoms with E-state index in [2.05, 4.69) is 4.98 Å². The molecule has 0 bridgehead atoms. The first kappa shape index (κ1) is 17.7. The summed E-state index contributed by atoms with van der Waals surface area (Å²) in [5, 5.41) is 12.1. The number of aryl methyl sites for hydroxylation is 1. The van der Waals surface area contributed by atoms with Gasteiger partial charge in [0.2, 0.25) is 0 Å². The van der Waals surface area contributed by atoms with Crippen molar-refractivity contribution < 1.29 is 47.3 Å². The van der Waals surface area contributed by atoms with Crippen LogP contribution in [0.3, 0.4) is 0 Å². The number of pyridine rings is 1. The smallest absolute Gasteiger partial charge is 0.872 e. The van der Waals surface area contributed by atoms with E-state index in [1.165, 1.54) is 30.5 Å². The fourth-order valence-electron chi connectivity index (χ4n) is 2.06. The van der Waals surface area contributed by atoms with Gasteiger partial charge in [-0.05, 0) is 30.5 Å². The summed E-state index contributed by atoms with van der Waals surface area (Å²) >= 11 is 0. The number of nitrogens with zero attached hydrogens (tertiary/aromatic N) is 1. The van der Waals surface area contributed by atoms with Crippen LogP contribution in [0.15, 0.2) is 59.6 Å². The van der Waals surface area contributed by atoms with Gasteiger partial charge in [-0.25, -0.2) is 0 Å².